The monoisotopic (exact) mass is 303 g/mol. The minimum atomic E-state index is 0.0688. The number of phenolic OH excluding ortho intramolecular Hbond substituents is 1. The van der Waals surface area contributed by atoms with Crippen LogP contribution in [0.5, 0.6) is 5.75 Å². The standard InChI is InChI=1S/C12H18BrNO3/c13-11-4-1-3-10(12(11)16)9-14-5-2-7-17-8-6-15/h1,3-4,14-16H,2,5-9H2. The molecule has 0 spiro atoms. The predicted molar refractivity (Wildman–Crippen MR) is 70.0 cm³/mol. The first-order valence-corrected chi connectivity index (χ1v) is 6.40. The molecule has 1 rings (SSSR count). The zero-order chi connectivity index (χ0) is 12.5. The van der Waals surface area contributed by atoms with E-state index in [0.717, 1.165) is 18.5 Å². The normalized spacial score (nSPS) is 10.7. The molecule has 3 N–H and O–H groups in total. The van der Waals surface area contributed by atoms with E-state index >= 15 is 0 Å². The first kappa shape index (κ1) is 14.4. The zero-order valence-electron chi connectivity index (χ0n) is 9.66. The van der Waals surface area contributed by atoms with Crippen LogP contribution in [0.1, 0.15) is 12.0 Å². The van der Waals surface area contributed by atoms with E-state index in [9.17, 15) is 5.11 Å². The van der Waals surface area contributed by atoms with E-state index in [1.807, 2.05) is 18.2 Å². The summed E-state index contributed by atoms with van der Waals surface area (Å²) in [7, 11) is 0. The Balaban J connectivity index is 2.16. The van der Waals surface area contributed by atoms with E-state index in [1.165, 1.54) is 0 Å². The average molecular weight is 304 g/mol. The summed E-state index contributed by atoms with van der Waals surface area (Å²) in [5, 5.41) is 21.5. The van der Waals surface area contributed by atoms with Gasteiger partial charge in [0.2, 0.25) is 0 Å². The zero-order valence-corrected chi connectivity index (χ0v) is 11.2. The lowest BCUT2D eigenvalue weighted by Crippen LogP contribution is -2.16. The van der Waals surface area contributed by atoms with E-state index in [0.29, 0.717) is 24.2 Å². The summed E-state index contributed by atoms with van der Waals surface area (Å²) in [5.41, 5.74) is 0.871. The van der Waals surface area contributed by atoms with Gasteiger partial charge in [-0.3, -0.25) is 0 Å². The molecule has 0 unspecified atom stereocenters. The number of nitrogens with one attached hydrogen (secondary N) is 1. The second-order valence-electron chi connectivity index (χ2n) is 3.61. The van der Waals surface area contributed by atoms with Crippen molar-refractivity contribution in [2.45, 2.75) is 13.0 Å². The van der Waals surface area contributed by atoms with Crippen molar-refractivity contribution in [3.63, 3.8) is 0 Å². The predicted octanol–water partition coefficient (Wildman–Crippen LogP) is 1.64. The van der Waals surface area contributed by atoms with Gasteiger partial charge in [-0.05, 0) is 35.0 Å². The van der Waals surface area contributed by atoms with Crippen molar-refractivity contribution in [1.29, 1.82) is 0 Å². The molecular weight excluding hydrogens is 286 g/mol. The highest BCUT2D eigenvalue weighted by Gasteiger charge is 2.03. The summed E-state index contributed by atoms with van der Waals surface area (Å²) in [4.78, 5) is 0. The highest BCUT2D eigenvalue weighted by molar-refractivity contribution is 9.10. The molecule has 5 heteroatoms. The highest BCUT2D eigenvalue weighted by Crippen LogP contribution is 2.26. The summed E-state index contributed by atoms with van der Waals surface area (Å²) in [6.07, 6.45) is 0.884. The molecule has 0 atom stereocenters. The molecule has 0 bridgehead atoms. The van der Waals surface area contributed by atoms with Gasteiger partial charge in [-0.2, -0.15) is 0 Å². The van der Waals surface area contributed by atoms with E-state index in [4.69, 9.17) is 9.84 Å². The molecule has 0 fully saturated rings. The van der Waals surface area contributed by atoms with Gasteiger partial charge >= 0.3 is 0 Å². The van der Waals surface area contributed by atoms with Gasteiger partial charge in [0.1, 0.15) is 5.75 Å². The largest absolute Gasteiger partial charge is 0.506 e. The number of hydrogen-bond donors (Lipinski definition) is 3. The molecule has 1 aromatic rings. The molecule has 0 amide bonds. The Morgan fingerprint density at radius 1 is 1.29 bits per heavy atom. The van der Waals surface area contributed by atoms with Gasteiger partial charge in [0, 0.05) is 18.7 Å². The van der Waals surface area contributed by atoms with Crippen LogP contribution in [0.3, 0.4) is 0 Å². The molecule has 1 aromatic carbocycles. The van der Waals surface area contributed by atoms with Crippen LogP contribution in [0.2, 0.25) is 0 Å². The first-order chi connectivity index (χ1) is 8.25. The molecule has 0 saturated carbocycles. The van der Waals surface area contributed by atoms with Crippen molar-refractivity contribution in [1.82, 2.24) is 5.32 Å². The summed E-state index contributed by atoms with van der Waals surface area (Å²) >= 11 is 3.28. The maximum Gasteiger partial charge on any atom is 0.134 e. The van der Waals surface area contributed by atoms with Crippen molar-refractivity contribution in [2.75, 3.05) is 26.4 Å². The second-order valence-corrected chi connectivity index (χ2v) is 4.47. The van der Waals surface area contributed by atoms with E-state index in [1.54, 1.807) is 0 Å². The number of halogens is 1. The third-order valence-electron chi connectivity index (χ3n) is 2.26. The van der Waals surface area contributed by atoms with Gasteiger partial charge in [0.15, 0.2) is 0 Å². The smallest absolute Gasteiger partial charge is 0.134 e. The van der Waals surface area contributed by atoms with Crippen LogP contribution < -0.4 is 5.32 Å². The molecule has 0 radical (unpaired) electrons. The van der Waals surface area contributed by atoms with Crippen molar-refractivity contribution >= 4 is 15.9 Å². The number of para-hydroxylation sites is 1. The summed E-state index contributed by atoms with van der Waals surface area (Å²) in [6, 6.07) is 5.59. The Hall–Kier alpha value is -0.620. The number of hydrogen-bond acceptors (Lipinski definition) is 4. The van der Waals surface area contributed by atoms with Crippen molar-refractivity contribution in [3.8, 4) is 5.75 Å². The van der Waals surface area contributed by atoms with Crippen LogP contribution in [-0.4, -0.2) is 36.6 Å². The quantitative estimate of drug-likeness (QED) is 0.639. The first-order valence-electron chi connectivity index (χ1n) is 5.61. The Kier molecular flexibility index (Phi) is 7.19. The molecule has 17 heavy (non-hydrogen) atoms. The fourth-order valence-corrected chi connectivity index (χ4v) is 1.80. The van der Waals surface area contributed by atoms with Crippen LogP contribution in [0, 0.1) is 0 Å². The van der Waals surface area contributed by atoms with Gasteiger partial charge in [-0.15, -0.1) is 0 Å². The lowest BCUT2D eigenvalue weighted by atomic mass is 10.2. The van der Waals surface area contributed by atoms with E-state index in [2.05, 4.69) is 21.2 Å². The number of ether oxygens (including phenoxy) is 1. The maximum atomic E-state index is 9.73. The summed E-state index contributed by atoms with van der Waals surface area (Å²) < 4.78 is 5.84. The summed E-state index contributed by atoms with van der Waals surface area (Å²) in [5.74, 6) is 0.288. The van der Waals surface area contributed by atoms with Gasteiger partial charge in [0.05, 0.1) is 17.7 Å². The molecule has 0 heterocycles. The van der Waals surface area contributed by atoms with Gasteiger partial charge < -0.3 is 20.3 Å². The molecule has 0 aliphatic carbocycles. The summed E-state index contributed by atoms with van der Waals surface area (Å²) in [6.45, 7) is 2.55. The number of rotatable bonds is 8. The lowest BCUT2D eigenvalue weighted by Gasteiger charge is -2.08. The van der Waals surface area contributed by atoms with E-state index < -0.39 is 0 Å². The molecule has 0 saturated heterocycles. The van der Waals surface area contributed by atoms with Crippen molar-refractivity contribution in [2.24, 2.45) is 0 Å². The van der Waals surface area contributed by atoms with Crippen LogP contribution in [-0.2, 0) is 11.3 Å². The third-order valence-corrected chi connectivity index (χ3v) is 2.90. The fraction of sp³-hybridized carbons (Fsp3) is 0.500. The molecule has 0 aliphatic rings. The molecule has 0 aromatic heterocycles. The van der Waals surface area contributed by atoms with Gasteiger partial charge in [-0.1, -0.05) is 12.1 Å². The minimum absolute atomic E-state index is 0.0688. The minimum Gasteiger partial charge on any atom is -0.506 e. The number of benzene rings is 1. The lowest BCUT2D eigenvalue weighted by molar-refractivity contribution is 0.0907. The van der Waals surface area contributed by atoms with Crippen LogP contribution >= 0.6 is 15.9 Å². The van der Waals surface area contributed by atoms with Crippen molar-refractivity contribution in [3.05, 3.63) is 28.2 Å². The Morgan fingerprint density at radius 3 is 2.88 bits per heavy atom. The average Bonchev–Trinajstić information content (AvgIpc) is 2.33. The van der Waals surface area contributed by atoms with Crippen molar-refractivity contribution < 1.29 is 14.9 Å². The molecule has 0 aliphatic heterocycles. The maximum absolute atomic E-state index is 9.73. The topological polar surface area (TPSA) is 61.7 Å². The molecule has 4 nitrogen and oxygen atoms in total. The Bertz CT molecular complexity index is 334. The number of phenols is 1. The Morgan fingerprint density at radius 2 is 2.12 bits per heavy atom. The SMILES string of the molecule is OCCOCCCNCc1cccc(Br)c1O. The number of aromatic hydroxyl groups is 1. The van der Waals surface area contributed by atoms with Crippen LogP contribution in [0.25, 0.3) is 0 Å². The van der Waals surface area contributed by atoms with Crippen LogP contribution in [0.15, 0.2) is 22.7 Å². The number of aliphatic hydroxyl groups is 1. The van der Waals surface area contributed by atoms with Crippen LogP contribution in [0.4, 0.5) is 0 Å². The van der Waals surface area contributed by atoms with Gasteiger partial charge in [0.25, 0.3) is 0 Å². The fourth-order valence-electron chi connectivity index (χ4n) is 1.39. The van der Waals surface area contributed by atoms with Gasteiger partial charge in [-0.25, -0.2) is 0 Å². The molecular formula is C12H18BrNO3. The third kappa shape index (κ3) is 5.50. The second kappa shape index (κ2) is 8.47. The van der Waals surface area contributed by atoms with E-state index in [-0.39, 0.29) is 12.4 Å². The highest BCUT2D eigenvalue weighted by atomic mass is 79.9. The molecule has 96 valence electrons. The Labute approximate surface area is 110 Å². The number of aliphatic hydroxyl groups excluding tert-OH is 1.